The number of rotatable bonds is 3. The van der Waals surface area contributed by atoms with Crippen LogP contribution < -0.4 is 5.73 Å². The van der Waals surface area contributed by atoms with E-state index in [9.17, 15) is 13.2 Å². The van der Waals surface area contributed by atoms with Gasteiger partial charge in [0.05, 0.1) is 17.4 Å². The highest BCUT2D eigenvalue weighted by Gasteiger charge is 2.18. The van der Waals surface area contributed by atoms with E-state index in [1.807, 2.05) is 27.7 Å². The predicted molar refractivity (Wildman–Crippen MR) is 111 cm³/mol. The standard InChI is InChI=1S/C12H23NO2Si.C7H8O3S/c1-12(2,3)15-11(14)9-10(13)7-8-16(4,5)6;1-6-2-4-7(5-3-6)11(8,9)10/h10H,9,13H2,1-6H3;2-5H,1H3,(H,8,9,10). The summed E-state index contributed by atoms with van der Waals surface area (Å²) in [5.74, 6) is 2.64. The Hall–Kier alpha value is -1.66. The fourth-order valence-corrected chi connectivity index (χ4v) is 2.73. The van der Waals surface area contributed by atoms with Crippen molar-refractivity contribution in [1.82, 2.24) is 0 Å². The van der Waals surface area contributed by atoms with Gasteiger partial charge in [-0.25, -0.2) is 0 Å². The van der Waals surface area contributed by atoms with Gasteiger partial charge in [0, 0.05) is 0 Å². The summed E-state index contributed by atoms with van der Waals surface area (Å²) < 4.78 is 34.7. The quantitative estimate of drug-likeness (QED) is 0.341. The number of aryl methyl sites for hydroxylation is 1. The lowest BCUT2D eigenvalue weighted by atomic mass is 10.2. The van der Waals surface area contributed by atoms with E-state index in [2.05, 4.69) is 31.1 Å². The highest BCUT2D eigenvalue weighted by molar-refractivity contribution is 7.85. The lowest BCUT2D eigenvalue weighted by molar-refractivity contribution is -0.154. The normalized spacial score (nSPS) is 12.8. The molecule has 0 radical (unpaired) electrons. The minimum absolute atomic E-state index is 0.0666. The monoisotopic (exact) mass is 413 g/mol. The van der Waals surface area contributed by atoms with E-state index in [1.165, 1.54) is 12.1 Å². The van der Waals surface area contributed by atoms with E-state index in [1.54, 1.807) is 12.1 Å². The number of hydrogen-bond donors (Lipinski definition) is 2. The molecule has 0 aliphatic carbocycles. The van der Waals surface area contributed by atoms with Gasteiger partial charge in [0.25, 0.3) is 10.1 Å². The summed E-state index contributed by atoms with van der Waals surface area (Å²) in [5.41, 5.74) is 9.39. The third-order valence-electron chi connectivity index (χ3n) is 2.76. The van der Waals surface area contributed by atoms with Gasteiger partial charge >= 0.3 is 5.97 Å². The van der Waals surface area contributed by atoms with Crippen LogP contribution in [0.4, 0.5) is 0 Å². The number of nitrogens with two attached hydrogens (primary N) is 1. The zero-order chi connectivity index (χ0) is 21.5. The molecular weight excluding hydrogens is 382 g/mol. The van der Waals surface area contributed by atoms with Crippen molar-refractivity contribution in [2.75, 3.05) is 0 Å². The Balaban J connectivity index is 0.000000533. The van der Waals surface area contributed by atoms with E-state index in [0.717, 1.165) is 5.56 Å². The second-order valence-corrected chi connectivity index (χ2v) is 14.4. The molecule has 0 aliphatic rings. The van der Waals surface area contributed by atoms with Gasteiger partial charge in [0.2, 0.25) is 0 Å². The molecule has 0 heterocycles. The van der Waals surface area contributed by atoms with Crippen molar-refractivity contribution < 1.29 is 22.5 Å². The third-order valence-corrected chi connectivity index (χ3v) is 4.52. The highest BCUT2D eigenvalue weighted by atomic mass is 32.2. The van der Waals surface area contributed by atoms with Gasteiger partial charge in [-0.2, -0.15) is 8.42 Å². The molecule has 1 aromatic rings. The number of carbonyl (C=O) groups is 1. The molecule has 1 rings (SSSR count). The van der Waals surface area contributed by atoms with Crippen molar-refractivity contribution in [3.63, 3.8) is 0 Å². The summed E-state index contributed by atoms with van der Waals surface area (Å²) in [7, 11) is -5.43. The van der Waals surface area contributed by atoms with Crippen molar-refractivity contribution in [1.29, 1.82) is 0 Å². The largest absolute Gasteiger partial charge is 0.460 e. The van der Waals surface area contributed by atoms with Gasteiger partial charge in [0.15, 0.2) is 0 Å². The lowest BCUT2D eigenvalue weighted by Gasteiger charge is -2.20. The molecule has 0 fully saturated rings. The molecule has 3 N–H and O–H groups in total. The summed E-state index contributed by atoms with van der Waals surface area (Å²) in [5, 5.41) is 0. The maximum Gasteiger partial charge on any atom is 0.308 e. The molecule has 0 saturated heterocycles. The molecule has 0 aliphatic heterocycles. The van der Waals surface area contributed by atoms with Crippen LogP contribution in [0.2, 0.25) is 19.6 Å². The Kier molecular flexibility index (Phi) is 9.42. The Morgan fingerprint density at radius 3 is 2.07 bits per heavy atom. The van der Waals surface area contributed by atoms with E-state index in [-0.39, 0.29) is 17.3 Å². The molecule has 6 nitrogen and oxygen atoms in total. The van der Waals surface area contributed by atoms with Crippen LogP contribution >= 0.6 is 0 Å². The molecule has 152 valence electrons. The Labute approximate surface area is 164 Å². The van der Waals surface area contributed by atoms with Crippen molar-refractivity contribution in [2.45, 2.75) is 70.3 Å². The molecule has 0 amide bonds. The van der Waals surface area contributed by atoms with E-state index in [4.69, 9.17) is 15.0 Å². The summed E-state index contributed by atoms with van der Waals surface area (Å²) in [6.45, 7) is 13.8. The van der Waals surface area contributed by atoms with Crippen molar-refractivity contribution in [3.05, 3.63) is 29.8 Å². The number of benzene rings is 1. The highest BCUT2D eigenvalue weighted by Crippen LogP contribution is 2.09. The molecule has 0 bridgehead atoms. The number of ether oxygens (including phenoxy) is 1. The third kappa shape index (κ3) is 14.1. The molecule has 1 unspecified atom stereocenters. The van der Waals surface area contributed by atoms with Crippen LogP contribution in [0.15, 0.2) is 29.2 Å². The summed E-state index contributed by atoms with van der Waals surface area (Å²) in [4.78, 5) is 11.4. The fourth-order valence-electron chi connectivity index (χ4n) is 1.63. The second kappa shape index (κ2) is 10.0. The van der Waals surface area contributed by atoms with E-state index in [0.29, 0.717) is 0 Å². The topological polar surface area (TPSA) is 107 Å². The van der Waals surface area contributed by atoms with Gasteiger partial charge in [-0.3, -0.25) is 9.35 Å². The van der Waals surface area contributed by atoms with E-state index >= 15 is 0 Å². The van der Waals surface area contributed by atoms with Crippen LogP contribution in [-0.2, 0) is 19.6 Å². The molecule has 0 saturated carbocycles. The Morgan fingerprint density at radius 1 is 1.22 bits per heavy atom. The van der Waals surface area contributed by atoms with Crippen LogP contribution in [-0.4, -0.2) is 38.7 Å². The first-order chi connectivity index (χ1) is 12.0. The smallest absolute Gasteiger partial charge is 0.308 e. The van der Waals surface area contributed by atoms with Gasteiger partial charge in [-0.05, 0) is 39.8 Å². The zero-order valence-corrected chi connectivity index (χ0v) is 19.0. The van der Waals surface area contributed by atoms with Crippen molar-refractivity contribution >= 4 is 24.2 Å². The molecule has 1 atom stereocenters. The molecule has 0 spiro atoms. The van der Waals surface area contributed by atoms with Crippen LogP contribution in [0.1, 0.15) is 32.8 Å². The summed E-state index contributed by atoms with van der Waals surface area (Å²) >= 11 is 0. The molecule has 0 aromatic heterocycles. The first-order valence-electron chi connectivity index (χ1n) is 8.54. The average molecular weight is 414 g/mol. The summed E-state index contributed by atoms with van der Waals surface area (Å²) in [6, 6.07) is 5.57. The van der Waals surface area contributed by atoms with Crippen molar-refractivity contribution in [2.24, 2.45) is 5.73 Å². The molecule has 1 aromatic carbocycles. The lowest BCUT2D eigenvalue weighted by Crippen LogP contribution is -2.30. The van der Waals surface area contributed by atoms with Crippen LogP contribution in [0.25, 0.3) is 0 Å². The Bertz CT molecular complexity index is 779. The maximum absolute atomic E-state index is 11.4. The van der Waals surface area contributed by atoms with Crippen LogP contribution in [0.3, 0.4) is 0 Å². The molecule has 8 heteroatoms. The first kappa shape index (κ1) is 25.3. The van der Waals surface area contributed by atoms with Crippen LogP contribution in [0.5, 0.6) is 0 Å². The molecular formula is C19H31NO5SSi. The first-order valence-corrected chi connectivity index (χ1v) is 13.5. The number of carbonyl (C=O) groups excluding carboxylic acids is 1. The average Bonchev–Trinajstić information content (AvgIpc) is 2.42. The number of hydrogen-bond acceptors (Lipinski definition) is 5. The van der Waals surface area contributed by atoms with E-state index < -0.39 is 29.8 Å². The molecule has 27 heavy (non-hydrogen) atoms. The van der Waals surface area contributed by atoms with Gasteiger partial charge < -0.3 is 10.5 Å². The fraction of sp³-hybridized carbons (Fsp3) is 0.526. The van der Waals surface area contributed by atoms with Gasteiger partial charge in [-0.1, -0.05) is 43.3 Å². The summed E-state index contributed by atoms with van der Waals surface area (Å²) in [6.07, 6.45) is 0.161. The predicted octanol–water partition coefficient (Wildman–Crippen LogP) is 3.17. The minimum atomic E-state index is -4.02. The number of esters is 1. The SMILES string of the molecule is CC(C)(C)OC(=O)CC(N)C#C[Si](C)(C)C.Cc1ccc(S(=O)(=O)O)cc1. The second-order valence-electron chi connectivity index (χ2n) is 8.20. The van der Waals surface area contributed by atoms with Crippen molar-refractivity contribution in [3.8, 4) is 11.5 Å². The van der Waals surface area contributed by atoms with Crippen LogP contribution in [0, 0.1) is 18.4 Å². The Morgan fingerprint density at radius 2 is 1.70 bits per heavy atom. The zero-order valence-electron chi connectivity index (χ0n) is 17.2. The van der Waals surface area contributed by atoms with Gasteiger partial charge in [0.1, 0.15) is 13.7 Å². The maximum atomic E-state index is 11.4. The van der Waals surface area contributed by atoms with Gasteiger partial charge in [-0.15, -0.1) is 5.54 Å². The minimum Gasteiger partial charge on any atom is -0.460 e.